The minimum Gasteiger partial charge on any atom is -0.495 e. The number of methoxy groups -OCH3 is 1. The Morgan fingerprint density at radius 2 is 1.76 bits per heavy atom. The fraction of sp³-hybridized carbons (Fsp3) is 0.0769. The molecule has 0 bridgehead atoms. The first-order valence-electron chi connectivity index (χ1n) is 5.66. The van der Waals surface area contributed by atoms with Crippen molar-refractivity contribution in [3.05, 3.63) is 50.9 Å². The highest BCUT2D eigenvalue weighted by Crippen LogP contribution is 2.37. The van der Waals surface area contributed by atoms with Gasteiger partial charge in [0, 0.05) is 4.47 Å². The van der Waals surface area contributed by atoms with Gasteiger partial charge in [-0.2, -0.15) is 0 Å². The summed E-state index contributed by atoms with van der Waals surface area (Å²) in [6.45, 7) is 0. The minimum absolute atomic E-state index is 0.0502. The van der Waals surface area contributed by atoms with Crippen LogP contribution in [0.3, 0.4) is 0 Å². The largest absolute Gasteiger partial charge is 0.495 e. The summed E-state index contributed by atoms with van der Waals surface area (Å²) in [6.07, 6.45) is 0. The van der Waals surface area contributed by atoms with E-state index in [0.717, 1.165) is 0 Å². The first-order valence-corrected chi connectivity index (χ1v) is 8.69. The number of nitrogens with one attached hydrogen (secondary N) is 1. The molecule has 0 aliphatic rings. The molecule has 0 saturated heterocycles. The van der Waals surface area contributed by atoms with Crippen molar-refractivity contribution in [3.63, 3.8) is 0 Å². The molecule has 0 saturated carbocycles. The fourth-order valence-electron chi connectivity index (χ4n) is 1.62. The van der Waals surface area contributed by atoms with E-state index in [4.69, 9.17) is 27.9 Å². The predicted octanol–water partition coefficient (Wildman–Crippen LogP) is 4.57. The zero-order valence-electron chi connectivity index (χ0n) is 10.7. The Kier molecular flexibility index (Phi) is 5.03. The monoisotopic (exact) mass is 409 g/mol. The number of benzene rings is 2. The van der Waals surface area contributed by atoms with Crippen molar-refractivity contribution >= 4 is 54.8 Å². The van der Waals surface area contributed by atoms with Gasteiger partial charge in [-0.15, -0.1) is 0 Å². The van der Waals surface area contributed by atoms with Crippen molar-refractivity contribution in [1.82, 2.24) is 0 Å². The van der Waals surface area contributed by atoms with Gasteiger partial charge in [-0.25, -0.2) is 8.42 Å². The van der Waals surface area contributed by atoms with E-state index < -0.39 is 10.0 Å². The molecular formula is C13H10BrCl2NO3S. The van der Waals surface area contributed by atoms with E-state index in [1.54, 1.807) is 24.3 Å². The molecule has 8 heteroatoms. The van der Waals surface area contributed by atoms with E-state index in [-0.39, 0.29) is 14.9 Å². The van der Waals surface area contributed by atoms with Crippen LogP contribution in [0.25, 0.3) is 0 Å². The molecule has 112 valence electrons. The Morgan fingerprint density at radius 1 is 1.10 bits per heavy atom. The summed E-state index contributed by atoms with van der Waals surface area (Å²) in [6, 6.07) is 9.63. The quantitative estimate of drug-likeness (QED) is 0.803. The maximum Gasteiger partial charge on any atom is 0.263 e. The molecule has 2 aromatic rings. The molecule has 0 radical (unpaired) electrons. The molecule has 0 spiro atoms. The Morgan fingerprint density at radius 3 is 2.38 bits per heavy atom. The molecule has 0 unspecified atom stereocenters. The third kappa shape index (κ3) is 3.45. The molecule has 0 aliphatic carbocycles. The van der Waals surface area contributed by atoms with Crippen LogP contribution in [0.15, 0.2) is 45.8 Å². The van der Waals surface area contributed by atoms with Crippen LogP contribution in [-0.4, -0.2) is 15.5 Å². The first-order chi connectivity index (χ1) is 9.86. The molecule has 2 aromatic carbocycles. The van der Waals surface area contributed by atoms with E-state index in [1.807, 2.05) is 0 Å². The van der Waals surface area contributed by atoms with E-state index >= 15 is 0 Å². The minimum atomic E-state index is -3.87. The third-order valence-electron chi connectivity index (χ3n) is 2.64. The van der Waals surface area contributed by atoms with Crippen LogP contribution in [0, 0.1) is 0 Å². The zero-order chi connectivity index (χ0) is 15.6. The fourth-order valence-corrected chi connectivity index (χ4v) is 4.06. The SMILES string of the molecule is COc1ccc(S(=O)(=O)Nc2ccccc2Br)c(Cl)c1Cl. The summed E-state index contributed by atoms with van der Waals surface area (Å²) in [4.78, 5) is -0.120. The molecule has 0 fully saturated rings. The topological polar surface area (TPSA) is 55.4 Å². The van der Waals surface area contributed by atoms with Crippen molar-refractivity contribution in [2.24, 2.45) is 0 Å². The summed E-state index contributed by atoms with van der Waals surface area (Å²) in [5.74, 6) is 0.307. The highest BCUT2D eigenvalue weighted by atomic mass is 79.9. The summed E-state index contributed by atoms with van der Waals surface area (Å²) in [5, 5.41) is -0.0373. The number of hydrogen-bond donors (Lipinski definition) is 1. The van der Waals surface area contributed by atoms with Gasteiger partial charge in [-0.3, -0.25) is 4.72 Å². The normalized spacial score (nSPS) is 11.2. The average Bonchev–Trinajstić information content (AvgIpc) is 2.44. The second-order valence-electron chi connectivity index (χ2n) is 3.98. The standard InChI is InChI=1S/C13H10BrCl2NO3S/c1-20-10-6-7-11(13(16)12(10)15)21(18,19)17-9-5-3-2-4-8(9)14/h2-7,17H,1H3. The third-order valence-corrected chi connectivity index (χ3v) is 5.72. The Balaban J connectivity index is 2.46. The molecule has 0 heterocycles. The van der Waals surface area contributed by atoms with Gasteiger partial charge in [0.05, 0.1) is 17.8 Å². The van der Waals surface area contributed by atoms with Crippen LogP contribution in [-0.2, 0) is 10.0 Å². The number of sulfonamides is 1. The molecular weight excluding hydrogens is 401 g/mol. The maximum absolute atomic E-state index is 12.4. The van der Waals surface area contributed by atoms with E-state index in [1.165, 1.54) is 19.2 Å². The van der Waals surface area contributed by atoms with Crippen LogP contribution in [0.2, 0.25) is 10.0 Å². The number of halogens is 3. The van der Waals surface area contributed by atoms with Gasteiger partial charge in [-0.05, 0) is 40.2 Å². The van der Waals surface area contributed by atoms with Crippen molar-refractivity contribution in [3.8, 4) is 5.75 Å². The van der Waals surface area contributed by atoms with Crippen LogP contribution in [0.1, 0.15) is 0 Å². The molecule has 1 N–H and O–H groups in total. The van der Waals surface area contributed by atoms with E-state index in [9.17, 15) is 8.42 Å². The van der Waals surface area contributed by atoms with Gasteiger partial charge in [0.25, 0.3) is 10.0 Å². The molecule has 0 aromatic heterocycles. The van der Waals surface area contributed by atoms with Crippen molar-refractivity contribution in [2.75, 3.05) is 11.8 Å². The van der Waals surface area contributed by atoms with Gasteiger partial charge in [0.2, 0.25) is 0 Å². The number of para-hydroxylation sites is 1. The van der Waals surface area contributed by atoms with Crippen LogP contribution >= 0.6 is 39.1 Å². The smallest absolute Gasteiger partial charge is 0.263 e. The van der Waals surface area contributed by atoms with Crippen LogP contribution in [0.5, 0.6) is 5.75 Å². The average molecular weight is 411 g/mol. The lowest BCUT2D eigenvalue weighted by atomic mass is 10.3. The summed E-state index contributed by atoms with van der Waals surface area (Å²) < 4.78 is 32.9. The number of anilines is 1. The van der Waals surface area contributed by atoms with E-state index in [0.29, 0.717) is 15.9 Å². The maximum atomic E-state index is 12.4. The van der Waals surface area contributed by atoms with Crippen LogP contribution < -0.4 is 9.46 Å². The second kappa shape index (κ2) is 6.44. The van der Waals surface area contributed by atoms with Gasteiger partial charge >= 0.3 is 0 Å². The Bertz CT molecular complexity index is 781. The lowest BCUT2D eigenvalue weighted by molar-refractivity contribution is 0.414. The van der Waals surface area contributed by atoms with Gasteiger partial charge in [0.1, 0.15) is 15.7 Å². The summed E-state index contributed by atoms with van der Waals surface area (Å²) in [7, 11) is -2.44. The molecule has 21 heavy (non-hydrogen) atoms. The zero-order valence-corrected chi connectivity index (χ0v) is 14.6. The lowest BCUT2D eigenvalue weighted by Crippen LogP contribution is -2.14. The number of ether oxygens (including phenoxy) is 1. The van der Waals surface area contributed by atoms with Gasteiger partial charge < -0.3 is 4.74 Å². The highest BCUT2D eigenvalue weighted by molar-refractivity contribution is 9.10. The number of hydrogen-bond acceptors (Lipinski definition) is 3. The second-order valence-corrected chi connectivity index (χ2v) is 7.24. The Labute approximate surface area is 141 Å². The molecule has 4 nitrogen and oxygen atoms in total. The lowest BCUT2D eigenvalue weighted by Gasteiger charge is -2.13. The number of rotatable bonds is 4. The molecule has 2 rings (SSSR count). The highest BCUT2D eigenvalue weighted by Gasteiger charge is 2.22. The molecule has 0 aliphatic heterocycles. The van der Waals surface area contributed by atoms with Gasteiger partial charge in [0.15, 0.2) is 0 Å². The molecule has 0 atom stereocenters. The van der Waals surface area contributed by atoms with Gasteiger partial charge in [-0.1, -0.05) is 35.3 Å². The summed E-state index contributed by atoms with van der Waals surface area (Å²) in [5.41, 5.74) is 0.403. The first kappa shape index (κ1) is 16.4. The Hall–Kier alpha value is -0.950. The van der Waals surface area contributed by atoms with Crippen molar-refractivity contribution < 1.29 is 13.2 Å². The van der Waals surface area contributed by atoms with E-state index in [2.05, 4.69) is 20.7 Å². The molecule has 0 amide bonds. The van der Waals surface area contributed by atoms with Crippen molar-refractivity contribution in [2.45, 2.75) is 4.90 Å². The van der Waals surface area contributed by atoms with Crippen molar-refractivity contribution in [1.29, 1.82) is 0 Å². The van der Waals surface area contributed by atoms with Crippen LogP contribution in [0.4, 0.5) is 5.69 Å². The predicted molar refractivity (Wildman–Crippen MR) is 88.0 cm³/mol. The summed E-state index contributed by atoms with van der Waals surface area (Å²) >= 11 is 15.3.